The summed E-state index contributed by atoms with van der Waals surface area (Å²) in [6, 6.07) is 10.6. The van der Waals surface area contributed by atoms with Gasteiger partial charge in [0.25, 0.3) is 0 Å². The number of anilines is 1. The van der Waals surface area contributed by atoms with Crippen molar-refractivity contribution in [1.82, 2.24) is 19.3 Å². The van der Waals surface area contributed by atoms with Crippen LogP contribution in [0.1, 0.15) is 49.4 Å². The van der Waals surface area contributed by atoms with Gasteiger partial charge < -0.3 is 9.84 Å². The molecule has 1 saturated carbocycles. The summed E-state index contributed by atoms with van der Waals surface area (Å²) >= 11 is 0. The summed E-state index contributed by atoms with van der Waals surface area (Å²) in [7, 11) is -4.02. The predicted molar refractivity (Wildman–Crippen MR) is 148 cm³/mol. The van der Waals surface area contributed by atoms with Crippen molar-refractivity contribution >= 4 is 27.5 Å². The maximum Gasteiger partial charge on any atom is 0.417 e. The summed E-state index contributed by atoms with van der Waals surface area (Å²) in [6.45, 7) is 4.30. The van der Waals surface area contributed by atoms with Gasteiger partial charge in [0.05, 0.1) is 34.5 Å². The Labute approximate surface area is 239 Å². The minimum Gasteiger partial charge on any atom is -0.404 e. The molecule has 0 spiro atoms. The first-order valence-electron chi connectivity index (χ1n) is 13.0. The molecule has 1 fully saturated rings. The largest absolute Gasteiger partial charge is 0.417 e. The van der Waals surface area contributed by atoms with Crippen LogP contribution in [0.2, 0.25) is 0 Å². The Hall–Kier alpha value is -4.01. The molecule has 2 aromatic heterocycles. The zero-order valence-electron chi connectivity index (χ0n) is 22.9. The first-order valence-corrected chi connectivity index (χ1v) is 14.5. The summed E-state index contributed by atoms with van der Waals surface area (Å²) in [5.74, 6) is 0.193. The fraction of sp³-hybridized carbons (Fsp3) is 0.321. The number of aliphatic hydroxyl groups excluding tert-OH is 1. The number of nitrogens with one attached hydrogen (secondary N) is 2. The van der Waals surface area contributed by atoms with Crippen molar-refractivity contribution in [2.24, 2.45) is 0 Å². The van der Waals surface area contributed by atoms with E-state index in [1.165, 1.54) is 50.4 Å². The van der Waals surface area contributed by atoms with Crippen molar-refractivity contribution in [1.29, 1.82) is 0 Å². The number of hydrogen-bond donors (Lipinski definition) is 3. The zero-order chi connectivity index (χ0) is 30.4. The molecule has 0 radical (unpaired) electrons. The van der Waals surface area contributed by atoms with Crippen LogP contribution in [0.4, 0.5) is 23.7 Å². The van der Waals surface area contributed by atoms with Gasteiger partial charge in [-0.25, -0.2) is 27.4 Å². The van der Waals surface area contributed by atoms with Gasteiger partial charge in [-0.2, -0.15) is 18.3 Å². The number of benzene rings is 2. The van der Waals surface area contributed by atoms with Crippen LogP contribution in [0.5, 0.6) is 5.75 Å². The van der Waals surface area contributed by atoms with Gasteiger partial charge in [0, 0.05) is 22.9 Å². The third-order valence-electron chi connectivity index (χ3n) is 6.74. The van der Waals surface area contributed by atoms with Crippen molar-refractivity contribution in [3.63, 3.8) is 0 Å². The summed E-state index contributed by atoms with van der Waals surface area (Å²) in [6.07, 6.45) is -2.26. The molecule has 222 valence electrons. The maximum atomic E-state index is 13.1. The van der Waals surface area contributed by atoms with E-state index < -0.39 is 40.0 Å². The van der Waals surface area contributed by atoms with Crippen molar-refractivity contribution in [2.45, 2.75) is 56.1 Å². The minimum atomic E-state index is -4.47. The van der Waals surface area contributed by atoms with Gasteiger partial charge in [0.2, 0.25) is 10.0 Å². The second kappa shape index (κ2) is 10.7. The van der Waals surface area contributed by atoms with Gasteiger partial charge in [-0.3, -0.25) is 5.32 Å². The van der Waals surface area contributed by atoms with E-state index in [2.05, 4.69) is 20.1 Å². The molecule has 1 aliphatic carbocycles. The summed E-state index contributed by atoms with van der Waals surface area (Å²) in [4.78, 5) is 17.3. The third kappa shape index (κ3) is 6.25. The average Bonchev–Trinajstić information content (AvgIpc) is 3.69. The number of halogens is 3. The molecule has 14 heteroatoms. The lowest BCUT2D eigenvalue weighted by molar-refractivity contribution is -0.137. The van der Waals surface area contributed by atoms with E-state index in [0.29, 0.717) is 16.8 Å². The number of fused-ring (bicyclic) bond motifs is 1. The number of carbonyl (C=O) groups excluding carboxylic acids is 1. The van der Waals surface area contributed by atoms with Crippen molar-refractivity contribution < 1.29 is 36.2 Å². The Morgan fingerprint density at radius 2 is 1.81 bits per heavy atom. The Balaban J connectivity index is 1.42. The van der Waals surface area contributed by atoms with E-state index in [0.717, 1.165) is 30.7 Å². The SMILES string of the molecule is Cc1ccc(S(=O)(=O)NC(C)(C)CO)cc1NC(=O)Oc1cnn2c(C3CC3)cc(-c3ccc(C(F)(F)F)cc3)nc12. The van der Waals surface area contributed by atoms with Crippen LogP contribution in [0.25, 0.3) is 16.9 Å². The van der Waals surface area contributed by atoms with E-state index in [1.807, 2.05) is 0 Å². The highest BCUT2D eigenvalue weighted by atomic mass is 32.2. The molecule has 5 rings (SSSR count). The molecule has 2 heterocycles. The lowest BCUT2D eigenvalue weighted by Gasteiger charge is -2.23. The van der Waals surface area contributed by atoms with Crippen LogP contribution in [-0.4, -0.2) is 46.4 Å². The lowest BCUT2D eigenvalue weighted by atomic mass is 10.1. The monoisotopic (exact) mass is 603 g/mol. The number of nitrogens with zero attached hydrogens (tertiary/aromatic N) is 3. The molecule has 0 aliphatic heterocycles. The first kappa shape index (κ1) is 29.5. The Kier molecular flexibility index (Phi) is 7.49. The van der Waals surface area contributed by atoms with Gasteiger partial charge in [0.15, 0.2) is 11.4 Å². The van der Waals surface area contributed by atoms with Crippen molar-refractivity contribution in [2.75, 3.05) is 11.9 Å². The number of sulfonamides is 1. The molecule has 0 unspecified atom stereocenters. The minimum absolute atomic E-state index is 0.0101. The third-order valence-corrected chi connectivity index (χ3v) is 8.43. The summed E-state index contributed by atoms with van der Waals surface area (Å²) in [5, 5.41) is 16.3. The normalized spacial score (nSPS) is 14.3. The number of rotatable bonds is 8. The van der Waals surface area contributed by atoms with Crippen LogP contribution in [0.15, 0.2) is 59.6 Å². The second-order valence-electron chi connectivity index (χ2n) is 10.8. The van der Waals surface area contributed by atoms with E-state index in [-0.39, 0.29) is 27.9 Å². The number of amides is 1. The van der Waals surface area contributed by atoms with Gasteiger partial charge in [0.1, 0.15) is 0 Å². The Morgan fingerprint density at radius 3 is 2.43 bits per heavy atom. The number of ether oxygens (including phenoxy) is 1. The highest BCUT2D eigenvalue weighted by Gasteiger charge is 2.31. The molecule has 3 N–H and O–H groups in total. The number of aliphatic hydroxyl groups is 1. The molecule has 42 heavy (non-hydrogen) atoms. The van der Waals surface area contributed by atoms with Gasteiger partial charge >= 0.3 is 12.3 Å². The van der Waals surface area contributed by atoms with Crippen LogP contribution in [0.3, 0.4) is 0 Å². The molecule has 0 bridgehead atoms. The van der Waals surface area contributed by atoms with Crippen molar-refractivity contribution in [3.05, 3.63) is 71.5 Å². The van der Waals surface area contributed by atoms with Gasteiger partial charge in [-0.05, 0) is 69.5 Å². The van der Waals surface area contributed by atoms with E-state index in [4.69, 9.17) is 4.74 Å². The highest BCUT2D eigenvalue weighted by molar-refractivity contribution is 7.89. The first-order chi connectivity index (χ1) is 19.7. The number of aromatic nitrogens is 3. The van der Waals surface area contributed by atoms with Crippen LogP contribution in [-0.2, 0) is 16.2 Å². The van der Waals surface area contributed by atoms with Gasteiger partial charge in [-0.15, -0.1) is 0 Å². The van der Waals surface area contributed by atoms with E-state index in [1.54, 1.807) is 17.5 Å². The number of aryl methyl sites for hydroxylation is 1. The molecular weight excluding hydrogens is 575 g/mol. The van der Waals surface area contributed by atoms with Crippen LogP contribution < -0.4 is 14.8 Å². The maximum absolute atomic E-state index is 13.1. The second-order valence-corrected chi connectivity index (χ2v) is 12.5. The van der Waals surface area contributed by atoms with Crippen molar-refractivity contribution in [3.8, 4) is 17.0 Å². The highest BCUT2D eigenvalue weighted by Crippen LogP contribution is 2.42. The molecule has 0 saturated heterocycles. The molecule has 1 amide bonds. The molecule has 1 aliphatic rings. The Morgan fingerprint density at radius 1 is 1.12 bits per heavy atom. The topological polar surface area (TPSA) is 135 Å². The summed E-state index contributed by atoms with van der Waals surface area (Å²) in [5.41, 5.74) is 0.700. The number of carbonyl (C=O) groups is 1. The quantitative estimate of drug-likeness (QED) is 0.250. The van der Waals surface area contributed by atoms with Gasteiger partial charge in [-0.1, -0.05) is 18.2 Å². The molecule has 2 aromatic carbocycles. The van der Waals surface area contributed by atoms with E-state index >= 15 is 0 Å². The summed E-state index contributed by atoms with van der Waals surface area (Å²) < 4.78 is 74.3. The standard InChI is InChI=1S/C28H28F3N5O5S/c1-16-4-11-20(42(39,40)35-27(2,3)15-37)12-21(16)34-26(38)41-24-14-32-36-23(18-5-6-18)13-22(33-25(24)36)17-7-9-19(10-8-17)28(29,30)31/h4,7-14,18,35,37H,5-6,15H2,1-3H3,(H,34,38). The average molecular weight is 604 g/mol. The fourth-order valence-electron chi connectivity index (χ4n) is 4.28. The zero-order valence-corrected chi connectivity index (χ0v) is 23.7. The number of alkyl halides is 3. The molecule has 4 aromatic rings. The number of hydrogen-bond acceptors (Lipinski definition) is 7. The predicted octanol–water partition coefficient (Wildman–Crippen LogP) is 5.26. The smallest absolute Gasteiger partial charge is 0.404 e. The molecule has 10 nitrogen and oxygen atoms in total. The van der Waals surface area contributed by atoms with Crippen LogP contribution in [0, 0.1) is 6.92 Å². The van der Waals surface area contributed by atoms with Crippen LogP contribution >= 0.6 is 0 Å². The lowest BCUT2D eigenvalue weighted by Crippen LogP contribution is -2.46. The fourth-order valence-corrected chi connectivity index (χ4v) is 5.71. The van der Waals surface area contributed by atoms with E-state index in [9.17, 15) is 31.5 Å². The Bertz CT molecular complexity index is 1770. The molecule has 0 atom stereocenters. The molecular formula is C28H28F3N5O5S.